The van der Waals surface area contributed by atoms with Crippen molar-refractivity contribution in [3.05, 3.63) is 30.1 Å². The summed E-state index contributed by atoms with van der Waals surface area (Å²) in [5.41, 5.74) is 0.869. The van der Waals surface area contributed by atoms with Gasteiger partial charge in [-0.2, -0.15) is 5.26 Å². The first-order valence-electron chi connectivity index (χ1n) is 5.91. The quantitative estimate of drug-likeness (QED) is 0.848. The van der Waals surface area contributed by atoms with Crippen molar-refractivity contribution in [1.82, 2.24) is 5.32 Å². The largest absolute Gasteiger partial charge is 0.366 e. The summed E-state index contributed by atoms with van der Waals surface area (Å²) < 4.78 is 13.2. The van der Waals surface area contributed by atoms with Crippen molar-refractivity contribution in [1.29, 1.82) is 5.26 Å². The summed E-state index contributed by atoms with van der Waals surface area (Å²) in [4.78, 5) is 2.13. The van der Waals surface area contributed by atoms with Crippen LogP contribution in [0.1, 0.15) is 12.8 Å². The summed E-state index contributed by atoms with van der Waals surface area (Å²) in [6, 6.07) is 8.93. The van der Waals surface area contributed by atoms with E-state index in [1.807, 2.05) is 6.07 Å². The van der Waals surface area contributed by atoms with Gasteiger partial charge in [-0.3, -0.25) is 0 Å². The van der Waals surface area contributed by atoms with Crippen molar-refractivity contribution in [2.75, 3.05) is 24.5 Å². The van der Waals surface area contributed by atoms with Crippen molar-refractivity contribution < 1.29 is 4.39 Å². The molecule has 1 aromatic carbocycles. The van der Waals surface area contributed by atoms with Crippen molar-refractivity contribution in [2.24, 2.45) is 0 Å². The summed E-state index contributed by atoms with van der Waals surface area (Å²) in [6.07, 6.45) is 1.47. The Balaban J connectivity index is 2.22. The molecule has 1 saturated heterocycles. The number of anilines is 1. The molecule has 2 rings (SSSR count). The Morgan fingerprint density at radius 1 is 1.53 bits per heavy atom. The van der Waals surface area contributed by atoms with Crippen LogP contribution in [0.3, 0.4) is 0 Å². The predicted molar refractivity (Wildman–Crippen MR) is 65.3 cm³/mol. The SMILES string of the molecule is N#CCC1CNCCCN1c1cccc(F)c1. The second kappa shape index (κ2) is 5.65. The van der Waals surface area contributed by atoms with Gasteiger partial charge in [-0.15, -0.1) is 0 Å². The number of benzene rings is 1. The molecule has 1 N–H and O–H groups in total. The van der Waals surface area contributed by atoms with Crippen molar-refractivity contribution in [3.8, 4) is 6.07 Å². The van der Waals surface area contributed by atoms with Gasteiger partial charge in [0.2, 0.25) is 0 Å². The fourth-order valence-electron chi connectivity index (χ4n) is 2.22. The summed E-state index contributed by atoms with van der Waals surface area (Å²) in [5.74, 6) is -0.226. The topological polar surface area (TPSA) is 39.1 Å². The standard InChI is InChI=1S/C13H16FN3/c14-11-3-1-4-12(9-11)17-8-2-7-16-10-13(17)5-6-15/h1,3-4,9,13,16H,2,5,7-8,10H2. The van der Waals surface area contributed by atoms with Crippen LogP contribution in [0.5, 0.6) is 0 Å². The highest BCUT2D eigenvalue weighted by Crippen LogP contribution is 2.20. The Labute approximate surface area is 101 Å². The summed E-state index contributed by atoms with van der Waals surface area (Å²) >= 11 is 0. The fourth-order valence-corrected chi connectivity index (χ4v) is 2.22. The molecule has 0 aliphatic carbocycles. The van der Waals surface area contributed by atoms with Crippen LogP contribution < -0.4 is 10.2 Å². The molecule has 0 saturated carbocycles. The molecule has 0 aromatic heterocycles. The van der Waals surface area contributed by atoms with Crippen molar-refractivity contribution >= 4 is 5.69 Å². The molecule has 0 amide bonds. The molecule has 1 aliphatic heterocycles. The molecule has 1 fully saturated rings. The van der Waals surface area contributed by atoms with Crippen molar-refractivity contribution in [2.45, 2.75) is 18.9 Å². The molecule has 1 unspecified atom stereocenters. The fraction of sp³-hybridized carbons (Fsp3) is 0.462. The highest BCUT2D eigenvalue weighted by Gasteiger charge is 2.20. The van der Waals surface area contributed by atoms with Gasteiger partial charge in [-0.05, 0) is 31.2 Å². The van der Waals surface area contributed by atoms with Crippen LogP contribution in [-0.4, -0.2) is 25.7 Å². The van der Waals surface area contributed by atoms with E-state index in [9.17, 15) is 4.39 Å². The Hall–Kier alpha value is -1.60. The highest BCUT2D eigenvalue weighted by atomic mass is 19.1. The third kappa shape index (κ3) is 2.95. The van der Waals surface area contributed by atoms with Gasteiger partial charge in [0.05, 0.1) is 18.5 Å². The van der Waals surface area contributed by atoms with Crippen LogP contribution in [0.2, 0.25) is 0 Å². The van der Waals surface area contributed by atoms with Crippen LogP contribution >= 0.6 is 0 Å². The normalized spacial score (nSPS) is 20.7. The van der Waals surface area contributed by atoms with E-state index in [0.717, 1.165) is 31.7 Å². The maximum atomic E-state index is 13.2. The molecule has 1 aromatic rings. The summed E-state index contributed by atoms with van der Waals surface area (Å²) in [6.45, 7) is 2.60. The molecule has 3 nitrogen and oxygen atoms in total. The average molecular weight is 233 g/mol. The van der Waals surface area contributed by atoms with Crippen LogP contribution in [0.15, 0.2) is 24.3 Å². The summed E-state index contributed by atoms with van der Waals surface area (Å²) in [5, 5.41) is 12.2. The zero-order valence-corrected chi connectivity index (χ0v) is 9.69. The summed E-state index contributed by atoms with van der Waals surface area (Å²) in [7, 11) is 0. The molecular formula is C13H16FN3. The maximum Gasteiger partial charge on any atom is 0.125 e. The number of nitrogens with zero attached hydrogens (tertiary/aromatic N) is 2. The minimum Gasteiger partial charge on any atom is -0.366 e. The van der Waals surface area contributed by atoms with E-state index in [1.54, 1.807) is 6.07 Å². The monoisotopic (exact) mass is 233 g/mol. The first kappa shape index (κ1) is 11.9. The second-order valence-corrected chi connectivity index (χ2v) is 4.25. The Kier molecular flexibility index (Phi) is 3.94. The van der Waals surface area contributed by atoms with Crippen LogP contribution in [0.4, 0.5) is 10.1 Å². The van der Waals surface area contributed by atoms with E-state index in [2.05, 4.69) is 16.3 Å². The number of nitriles is 1. The first-order chi connectivity index (χ1) is 8.31. The van der Waals surface area contributed by atoms with Gasteiger partial charge in [-0.1, -0.05) is 6.07 Å². The third-order valence-electron chi connectivity index (χ3n) is 3.04. The number of rotatable bonds is 2. The van der Waals surface area contributed by atoms with Crippen LogP contribution in [0.25, 0.3) is 0 Å². The van der Waals surface area contributed by atoms with Gasteiger partial charge in [0.15, 0.2) is 0 Å². The molecular weight excluding hydrogens is 217 g/mol. The number of hydrogen-bond acceptors (Lipinski definition) is 3. The highest BCUT2D eigenvalue weighted by molar-refractivity contribution is 5.48. The van der Waals surface area contributed by atoms with E-state index in [1.165, 1.54) is 12.1 Å². The Morgan fingerprint density at radius 3 is 3.18 bits per heavy atom. The molecule has 17 heavy (non-hydrogen) atoms. The lowest BCUT2D eigenvalue weighted by Gasteiger charge is -2.30. The van der Waals surface area contributed by atoms with E-state index in [-0.39, 0.29) is 11.9 Å². The average Bonchev–Trinajstić information content (AvgIpc) is 2.55. The van der Waals surface area contributed by atoms with E-state index in [4.69, 9.17) is 5.26 Å². The van der Waals surface area contributed by atoms with E-state index in [0.29, 0.717) is 6.42 Å². The van der Waals surface area contributed by atoms with Gasteiger partial charge in [0, 0.05) is 18.8 Å². The number of nitrogens with one attached hydrogen (secondary N) is 1. The molecule has 0 radical (unpaired) electrons. The van der Waals surface area contributed by atoms with E-state index < -0.39 is 0 Å². The minimum atomic E-state index is -0.226. The molecule has 1 aliphatic rings. The van der Waals surface area contributed by atoms with Gasteiger partial charge >= 0.3 is 0 Å². The first-order valence-corrected chi connectivity index (χ1v) is 5.91. The predicted octanol–water partition coefficient (Wildman–Crippen LogP) is 1.91. The second-order valence-electron chi connectivity index (χ2n) is 4.25. The maximum absolute atomic E-state index is 13.2. The van der Waals surface area contributed by atoms with Gasteiger partial charge in [0.1, 0.15) is 5.82 Å². The smallest absolute Gasteiger partial charge is 0.125 e. The zero-order valence-electron chi connectivity index (χ0n) is 9.69. The minimum absolute atomic E-state index is 0.129. The van der Waals surface area contributed by atoms with Crippen molar-refractivity contribution in [3.63, 3.8) is 0 Å². The van der Waals surface area contributed by atoms with Gasteiger partial charge in [-0.25, -0.2) is 4.39 Å². The molecule has 0 spiro atoms. The van der Waals surface area contributed by atoms with Crippen LogP contribution in [-0.2, 0) is 0 Å². The molecule has 0 bridgehead atoms. The lowest BCUT2D eigenvalue weighted by Crippen LogP contribution is -2.39. The molecule has 1 atom stereocenters. The number of hydrogen-bond donors (Lipinski definition) is 1. The van der Waals surface area contributed by atoms with Gasteiger partial charge in [0.25, 0.3) is 0 Å². The lowest BCUT2D eigenvalue weighted by atomic mass is 10.1. The zero-order chi connectivity index (χ0) is 12.1. The molecule has 4 heteroatoms. The molecule has 1 heterocycles. The molecule has 90 valence electrons. The Bertz CT molecular complexity index is 413. The number of halogens is 1. The third-order valence-corrected chi connectivity index (χ3v) is 3.04. The van der Waals surface area contributed by atoms with Crippen LogP contribution in [0, 0.1) is 17.1 Å². The Morgan fingerprint density at radius 2 is 2.41 bits per heavy atom. The van der Waals surface area contributed by atoms with Gasteiger partial charge < -0.3 is 10.2 Å². The lowest BCUT2D eigenvalue weighted by molar-refractivity contribution is 0.592. The van der Waals surface area contributed by atoms with E-state index >= 15 is 0 Å².